The molecule has 1 aliphatic rings. The second-order valence-corrected chi connectivity index (χ2v) is 6.01. The topological polar surface area (TPSA) is 97.0 Å². The van der Waals surface area contributed by atoms with Gasteiger partial charge in [0.15, 0.2) is 0 Å². The van der Waals surface area contributed by atoms with Crippen molar-refractivity contribution in [1.82, 2.24) is 24.6 Å². The van der Waals surface area contributed by atoms with Crippen LogP contribution in [0.25, 0.3) is 11.4 Å². The molecule has 2 aromatic rings. The molecule has 1 fully saturated rings. The zero-order valence-corrected chi connectivity index (χ0v) is 13.4. The number of aromatic nitrogens is 4. The quantitative estimate of drug-likeness (QED) is 0.891. The summed E-state index contributed by atoms with van der Waals surface area (Å²) < 4.78 is 6.67. The highest BCUT2D eigenvalue weighted by Crippen LogP contribution is 2.26. The van der Waals surface area contributed by atoms with Gasteiger partial charge < -0.3 is 14.0 Å². The second kappa shape index (κ2) is 6.49. The van der Waals surface area contributed by atoms with Crippen molar-refractivity contribution >= 4 is 0 Å². The first-order valence-electron chi connectivity index (χ1n) is 7.94. The molecule has 0 aliphatic carbocycles. The zero-order chi connectivity index (χ0) is 16.4. The predicted octanol–water partition coefficient (Wildman–Crippen LogP) is 0.713. The number of rotatable bonds is 4. The molecule has 1 unspecified atom stereocenters. The summed E-state index contributed by atoms with van der Waals surface area (Å²) in [6.07, 6.45) is 4.66. The van der Waals surface area contributed by atoms with Gasteiger partial charge in [0, 0.05) is 19.8 Å². The van der Waals surface area contributed by atoms with E-state index in [0.717, 1.165) is 38.9 Å². The molecular formula is C15H21N5O3. The third-order valence-electron chi connectivity index (χ3n) is 4.19. The average molecular weight is 319 g/mol. The van der Waals surface area contributed by atoms with E-state index >= 15 is 0 Å². The van der Waals surface area contributed by atoms with Crippen LogP contribution in [0.5, 0.6) is 0 Å². The predicted molar refractivity (Wildman–Crippen MR) is 84.3 cm³/mol. The van der Waals surface area contributed by atoms with E-state index in [1.807, 2.05) is 0 Å². The van der Waals surface area contributed by atoms with Crippen LogP contribution >= 0.6 is 0 Å². The maximum Gasteiger partial charge on any atom is 0.328 e. The van der Waals surface area contributed by atoms with Crippen molar-refractivity contribution in [3.8, 4) is 11.4 Å². The lowest BCUT2D eigenvalue weighted by Gasteiger charge is -2.30. The molecule has 8 heteroatoms. The van der Waals surface area contributed by atoms with Crippen LogP contribution < -0.4 is 11.2 Å². The molecule has 3 heterocycles. The van der Waals surface area contributed by atoms with Crippen LogP contribution in [0.2, 0.25) is 0 Å². The standard InChI is InChI=1S/C15H21N5O3/c1-3-6-20-7-4-5-10(8-20)14-16-12(18-23-14)11-9-19(2)15(22)17-13(11)21/h9-10H,3-8H2,1-2H3,(H,17,21,22). The van der Waals surface area contributed by atoms with E-state index in [0.29, 0.717) is 5.89 Å². The van der Waals surface area contributed by atoms with Gasteiger partial charge >= 0.3 is 5.69 Å². The monoisotopic (exact) mass is 319 g/mol. The molecule has 0 radical (unpaired) electrons. The number of aromatic amines is 1. The molecule has 1 saturated heterocycles. The summed E-state index contributed by atoms with van der Waals surface area (Å²) in [6, 6.07) is 0. The fourth-order valence-electron chi connectivity index (χ4n) is 3.01. The van der Waals surface area contributed by atoms with Gasteiger partial charge in [-0.15, -0.1) is 0 Å². The van der Waals surface area contributed by atoms with Gasteiger partial charge in [-0.1, -0.05) is 12.1 Å². The molecule has 124 valence electrons. The molecule has 0 spiro atoms. The Morgan fingerprint density at radius 3 is 3.04 bits per heavy atom. The third kappa shape index (κ3) is 3.26. The van der Waals surface area contributed by atoms with Gasteiger partial charge in [0.25, 0.3) is 5.56 Å². The number of nitrogens with one attached hydrogen (secondary N) is 1. The summed E-state index contributed by atoms with van der Waals surface area (Å²) >= 11 is 0. The number of hydrogen-bond donors (Lipinski definition) is 1. The van der Waals surface area contributed by atoms with Crippen molar-refractivity contribution in [2.45, 2.75) is 32.1 Å². The van der Waals surface area contributed by atoms with Crippen LogP contribution in [0.15, 0.2) is 20.3 Å². The van der Waals surface area contributed by atoms with E-state index in [2.05, 4.69) is 26.9 Å². The maximum atomic E-state index is 11.9. The Morgan fingerprint density at radius 2 is 2.26 bits per heavy atom. The highest BCUT2D eigenvalue weighted by Gasteiger charge is 2.26. The summed E-state index contributed by atoms with van der Waals surface area (Å²) in [5.74, 6) is 0.988. The molecule has 1 atom stereocenters. The van der Waals surface area contributed by atoms with E-state index in [1.165, 1.54) is 10.8 Å². The van der Waals surface area contributed by atoms with Gasteiger partial charge in [0.1, 0.15) is 5.56 Å². The first-order chi connectivity index (χ1) is 11.1. The molecule has 0 saturated carbocycles. The Hall–Kier alpha value is -2.22. The van der Waals surface area contributed by atoms with Crippen LogP contribution in [-0.2, 0) is 7.05 Å². The Balaban J connectivity index is 1.85. The number of H-pyrrole nitrogens is 1. The van der Waals surface area contributed by atoms with Gasteiger partial charge in [0.05, 0.1) is 5.92 Å². The van der Waals surface area contributed by atoms with E-state index in [-0.39, 0.29) is 17.3 Å². The van der Waals surface area contributed by atoms with Crippen LogP contribution in [0.3, 0.4) is 0 Å². The molecule has 0 bridgehead atoms. The van der Waals surface area contributed by atoms with E-state index in [9.17, 15) is 9.59 Å². The van der Waals surface area contributed by atoms with Gasteiger partial charge in [-0.05, 0) is 32.4 Å². The highest BCUT2D eigenvalue weighted by molar-refractivity contribution is 5.50. The average Bonchev–Trinajstić information content (AvgIpc) is 3.01. The van der Waals surface area contributed by atoms with Crippen LogP contribution in [0.1, 0.15) is 38.0 Å². The molecular weight excluding hydrogens is 298 g/mol. The lowest BCUT2D eigenvalue weighted by molar-refractivity contribution is 0.187. The molecule has 3 rings (SSSR count). The van der Waals surface area contributed by atoms with Gasteiger partial charge in [-0.2, -0.15) is 4.98 Å². The largest absolute Gasteiger partial charge is 0.339 e. The van der Waals surface area contributed by atoms with E-state index in [4.69, 9.17) is 4.52 Å². The maximum absolute atomic E-state index is 11.9. The van der Waals surface area contributed by atoms with Crippen molar-refractivity contribution in [1.29, 1.82) is 0 Å². The van der Waals surface area contributed by atoms with Crippen LogP contribution in [-0.4, -0.2) is 44.2 Å². The van der Waals surface area contributed by atoms with Gasteiger partial charge in [0.2, 0.25) is 11.7 Å². The normalized spacial score (nSPS) is 19.1. The number of aryl methyl sites for hydroxylation is 1. The molecule has 0 aromatic carbocycles. The SMILES string of the molecule is CCCN1CCCC(c2nc(-c3cn(C)c(=O)[nH]c3=O)no2)C1. The molecule has 0 amide bonds. The summed E-state index contributed by atoms with van der Waals surface area (Å²) in [4.78, 5) is 32.4. The fraction of sp³-hybridized carbons (Fsp3) is 0.600. The minimum absolute atomic E-state index is 0.197. The molecule has 23 heavy (non-hydrogen) atoms. The zero-order valence-electron chi connectivity index (χ0n) is 13.4. The lowest BCUT2D eigenvalue weighted by Crippen LogP contribution is -2.35. The van der Waals surface area contributed by atoms with Crippen molar-refractivity contribution in [2.75, 3.05) is 19.6 Å². The Labute approximate surface area is 133 Å². The minimum atomic E-state index is -0.503. The molecule has 8 nitrogen and oxygen atoms in total. The smallest absolute Gasteiger partial charge is 0.328 e. The number of piperidine rings is 1. The van der Waals surface area contributed by atoms with Gasteiger partial charge in [-0.25, -0.2) is 4.79 Å². The third-order valence-corrected chi connectivity index (χ3v) is 4.19. The first kappa shape index (κ1) is 15.7. The van der Waals surface area contributed by atoms with Gasteiger partial charge in [-0.3, -0.25) is 9.78 Å². The Morgan fingerprint density at radius 1 is 1.43 bits per heavy atom. The van der Waals surface area contributed by atoms with Crippen LogP contribution in [0, 0.1) is 0 Å². The number of hydrogen-bond acceptors (Lipinski definition) is 6. The molecule has 1 aliphatic heterocycles. The summed E-state index contributed by atoms with van der Waals surface area (Å²) in [5.41, 5.74) is -0.731. The number of nitrogens with zero attached hydrogens (tertiary/aromatic N) is 4. The summed E-state index contributed by atoms with van der Waals surface area (Å²) in [6.45, 7) is 5.24. The molecule has 1 N–H and O–H groups in total. The Bertz CT molecular complexity index is 789. The number of likely N-dealkylation sites (tertiary alicyclic amines) is 1. The summed E-state index contributed by atoms with van der Waals surface area (Å²) in [5, 5.41) is 3.92. The van der Waals surface area contributed by atoms with E-state index in [1.54, 1.807) is 7.05 Å². The van der Waals surface area contributed by atoms with Crippen molar-refractivity contribution < 1.29 is 4.52 Å². The van der Waals surface area contributed by atoms with Crippen molar-refractivity contribution in [3.05, 3.63) is 32.9 Å². The summed E-state index contributed by atoms with van der Waals surface area (Å²) in [7, 11) is 1.56. The van der Waals surface area contributed by atoms with Crippen molar-refractivity contribution in [2.24, 2.45) is 7.05 Å². The van der Waals surface area contributed by atoms with E-state index < -0.39 is 11.2 Å². The Kier molecular flexibility index (Phi) is 4.42. The van der Waals surface area contributed by atoms with Crippen LogP contribution in [0.4, 0.5) is 0 Å². The fourth-order valence-corrected chi connectivity index (χ4v) is 3.01. The highest BCUT2D eigenvalue weighted by atomic mass is 16.5. The lowest BCUT2D eigenvalue weighted by atomic mass is 9.98. The second-order valence-electron chi connectivity index (χ2n) is 6.01. The minimum Gasteiger partial charge on any atom is -0.339 e. The van der Waals surface area contributed by atoms with Crippen molar-refractivity contribution in [3.63, 3.8) is 0 Å². The first-order valence-corrected chi connectivity index (χ1v) is 7.94. The molecule has 2 aromatic heterocycles.